The van der Waals surface area contributed by atoms with Crippen molar-refractivity contribution in [1.29, 1.82) is 0 Å². The van der Waals surface area contributed by atoms with Crippen molar-refractivity contribution >= 4 is 33.4 Å². The molecule has 150 valence electrons. The lowest BCUT2D eigenvalue weighted by Crippen LogP contribution is -2.40. The number of benzene rings is 1. The molecule has 28 heavy (non-hydrogen) atoms. The summed E-state index contributed by atoms with van der Waals surface area (Å²) in [6.45, 7) is 0. The van der Waals surface area contributed by atoms with Crippen molar-refractivity contribution in [2.24, 2.45) is 0 Å². The molecule has 1 aromatic rings. The highest BCUT2D eigenvalue weighted by molar-refractivity contribution is 7.91. The van der Waals surface area contributed by atoms with Gasteiger partial charge < -0.3 is 10.6 Å². The summed E-state index contributed by atoms with van der Waals surface area (Å²) in [6.07, 6.45) is 5.23. The Bertz CT molecular complexity index is 937. The van der Waals surface area contributed by atoms with Crippen LogP contribution in [0.1, 0.15) is 59.2 Å². The monoisotopic (exact) mass is 405 g/mol. The molecule has 1 atom stereocenters. The van der Waals surface area contributed by atoms with Crippen LogP contribution in [-0.4, -0.2) is 54.8 Å². The summed E-state index contributed by atoms with van der Waals surface area (Å²) in [5.74, 6) is -0.560. The minimum absolute atomic E-state index is 0.0508. The van der Waals surface area contributed by atoms with Gasteiger partial charge in [0.25, 0.3) is 11.8 Å². The van der Waals surface area contributed by atoms with Crippen LogP contribution in [0.2, 0.25) is 0 Å². The molecule has 9 heteroatoms. The molecule has 8 nitrogen and oxygen atoms in total. The highest BCUT2D eigenvalue weighted by Gasteiger charge is 2.40. The summed E-state index contributed by atoms with van der Waals surface area (Å²) in [4.78, 5) is 39.0. The second kappa shape index (κ2) is 7.20. The first-order valence-corrected chi connectivity index (χ1v) is 11.5. The third kappa shape index (κ3) is 3.63. The molecule has 1 aliphatic carbocycles. The highest BCUT2D eigenvalue weighted by Crippen LogP contribution is 2.32. The van der Waals surface area contributed by atoms with E-state index in [1.807, 2.05) is 0 Å². The lowest BCUT2D eigenvalue weighted by molar-refractivity contribution is 0.0549. The van der Waals surface area contributed by atoms with E-state index in [0.29, 0.717) is 23.2 Å². The van der Waals surface area contributed by atoms with E-state index in [0.717, 1.165) is 32.1 Å². The van der Waals surface area contributed by atoms with E-state index in [1.54, 1.807) is 12.1 Å². The molecule has 3 aliphatic rings. The zero-order valence-electron chi connectivity index (χ0n) is 15.4. The van der Waals surface area contributed by atoms with Gasteiger partial charge in [-0.2, -0.15) is 0 Å². The average Bonchev–Trinajstić information content (AvgIpc) is 3.12. The predicted molar refractivity (Wildman–Crippen MR) is 103 cm³/mol. The topological polar surface area (TPSA) is 113 Å². The van der Waals surface area contributed by atoms with E-state index >= 15 is 0 Å². The van der Waals surface area contributed by atoms with E-state index in [-0.39, 0.29) is 29.4 Å². The molecule has 2 fully saturated rings. The molecule has 0 radical (unpaired) electrons. The molecule has 0 aromatic heterocycles. The second-order valence-corrected chi connectivity index (χ2v) is 9.96. The first kappa shape index (κ1) is 18.9. The number of urea groups is 1. The number of imide groups is 1. The molecule has 1 unspecified atom stereocenters. The standard InChI is InChI=1S/C19H23N3O5S/c23-17-15-7-6-12(20-19(25)21-13-8-9-28(26,27)11-13)10-16(15)18(24)22(17)14-4-2-1-3-5-14/h6-7,10,13-14H,1-5,8-9,11H2,(H2,20,21,25). The summed E-state index contributed by atoms with van der Waals surface area (Å²) in [7, 11) is -3.08. The van der Waals surface area contributed by atoms with Gasteiger partial charge in [-0.05, 0) is 37.5 Å². The molecular weight excluding hydrogens is 382 g/mol. The number of anilines is 1. The van der Waals surface area contributed by atoms with Gasteiger partial charge in [-0.15, -0.1) is 0 Å². The molecule has 1 saturated heterocycles. The van der Waals surface area contributed by atoms with E-state index in [9.17, 15) is 22.8 Å². The van der Waals surface area contributed by atoms with Crippen molar-refractivity contribution in [2.75, 3.05) is 16.8 Å². The van der Waals surface area contributed by atoms with Gasteiger partial charge in [0, 0.05) is 17.8 Å². The van der Waals surface area contributed by atoms with Crippen LogP contribution in [0.3, 0.4) is 0 Å². The number of hydrogen-bond acceptors (Lipinski definition) is 5. The number of nitrogens with one attached hydrogen (secondary N) is 2. The van der Waals surface area contributed by atoms with Crippen molar-refractivity contribution in [3.05, 3.63) is 29.3 Å². The van der Waals surface area contributed by atoms with Gasteiger partial charge in [-0.3, -0.25) is 14.5 Å². The Morgan fingerprint density at radius 3 is 2.39 bits per heavy atom. The fraction of sp³-hybridized carbons (Fsp3) is 0.526. The zero-order chi connectivity index (χ0) is 19.9. The third-order valence-corrected chi connectivity index (χ3v) is 7.45. The summed E-state index contributed by atoms with van der Waals surface area (Å²) >= 11 is 0. The quantitative estimate of drug-likeness (QED) is 0.746. The molecule has 4 rings (SSSR count). The normalized spacial score (nSPS) is 24.3. The lowest BCUT2D eigenvalue weighted by Gasteiger charge is -2.29. The maximum absolute atomic E-state index is 12.8. The van der Waals surface area contributed by atoms with Gasteiger partial charge in [0.2, 0.25) is 0 Å². The number of sulfone groups is 1. The van der Waals surface area contributed by atoms with Crippen LogP contribution in [0.4, 0.5) is 10.5 Å². The molecule has 2 N–H and O–H groups in total. The Balaban J connectivity index is 1.45. The first-order chi connectivity index (χ1) is 13.3. The van der Waals surface area contributed by atoms with Crippen LogP contribution >= 0.6 is 0 Å². The molecular formula is C19H23N3O5S. The van der Waals surface area contributed by atoms with Crippen molar-refractivity contribution < 1.29 is 22.8 Å². The maximum Gasteiger partial charge on any atom is 0.319 e. The fourth-order valence-corrected chi connectivity index (χ4v) is 5.94. The molecule has 0 bridgehead atoms. The Morgan fingerprint density at radius 1 is 1.00 bits per heavy atom. The van der Waals surface area contributed by atoms with E-state index in [1.165, 1.54) is 11.0 Å². The number of carbonyl (C=O) groups excluding carboxylic acids is 3. The number of carbonyl (C=O) groups is 3. The van der Waals surface area contributed by atoms with Crippen molar-refractivity contribution in [2.45, 2.75) is 50.6 Å². The van der Waals surface area contributed by atoms with E-state index in [4.69, 9.17) is 0 Å². The average molecular weight is 405 g/mol. The Hall–Kier alpha value is -2.42. The van der Waals surface area contributed by atoms with Crippen LogP contribution in [0.25, 0.3) is 0 Å². The van der Waals surface area contributed by atoms with Gasteiger partial charge in [0.15, 0.2) is 9.84 Å². The molecule has 2 aliphatic heterocycles. The predicted octanol–water partition coefficient (Wildman–Crippen LogP) is 1.92. The van der Waals surface area contributed by atoms with Crippen LogP contribution in [0.15, 0.2) is 18.2 Å². The minimum atomic E-state index is -3.08. The Morgan fingerprint density at radius 2 is 1.71 bits per heavy atom. The number of nitrogens with zero attached hydrogens (tertiary/aromatic N) is 1. The zero-order valence-corrected chi connectivity index (χ0v) is 16.3. The Labute approximate surface area is 163 Å². The van der Waals surface area contributed by atoms with E-state index in [2.05, 4.69) is 10.6 Å². The van der Waals surface area contributed by atoms with Gasteiger partial charge >= 0.3 is 6.03 Å². The van der Waals surface area contributed by atoms with Crippen LogP contribution in [0.5, 0.6) is 0 Å². The summed E-state index contributed by atoms with van der Waals surface area (Å²) in [5, 5.41) is 5.27. The minimum Gasteiger partial charge on any atom is -0.334 e. The molecule has 4 amide bonds. The fourth-order valence-electron chi connectivity index (χ4n) is 4.27. The van der Waals surface area contributed by atoms with Crippen LogP contribution in [-0.2, 0) is 9.84 Å². The summed E-state index contributed by atoms with van der Waals surface area (Å²) in [5.41, 5.74) is 1.06. The van der Waals surface area contributed by atoms with Gasteiger partial charge in [0.1, 0.15) is 0 Å². The number of rotatable bonds is 3. The van der Waals surface area contributed by atoms with Crippen LogP contribution < -0.4 is 10.6 Å². The molecule has 0 spiro atoms. The Kier molecular flexibility index (Phi) is 4.86. The van der Waals surface area contributed by atoms with Crippen molar-refractivity contribution in [1.82, 2.24) is 10.2 Å². The molecule has 2 heterocycles. The summed E-state index contributed by atoms with van der Waals surface area (Å²) < 4.78 is 23.0. The highest BCUT2D eigenvalue weighted by atomic mass is 32.2. The number of amides is 4. The second-order valence-electron chi connectivity index (χ2n) is 7.73. The van der Waals surface area contributed by atoms with E-state index < -0.39 is 21.9 Å². The van der Waals surface area contributed by atoms with Crippen molar-refractivity contribution in [3.63, 3.8) is 0 Å². The van der Waals surface area contributed by atoms with Gasteiger partial charge in [0.05, 0.1) is 22.6 Å². The largest absolute Gasteiger partial charge is 0.334 e. The number of hydrogen-bond donors (Lipinski definition) is 2. The lowest BCUT2D eigenvalue weighted by atomic mass is 9.94. The van der Waals surface area contributed by atoms with Crippen molar-refractivity contribution in [3.8, 4) is 0 Å². The summed E-state index contributed by atoms with van der Waals surface area (Å²) in [6, 6.07) is 3.68. The SMILES string of the molecule is O=C(Nc1ccc2c(c1)C(=O)N(C1CCCCC1)C2=O)NC1CCS(=O)(=O)C1. The van der Waals surface area contributed by atoms with Gasteiger partial charge in [-0.25, -0.2) is 13.2 Å². The number of fused-ring (bicyclic) bond motifs is 1. The maximum atomic E-state index is 12.8. The van der Waals surface area contributed by atoms with Crippen LogP contribution in [0, 0.1) is 0 Å². The molecule has 1 saturated carbocycles. The first-order valence-electron chi connectivity index (χ1n) is 9.64. The smallest absolute Gasteiger partial charge is 0.319 e. The van der Waals surface area contributed by atoms with Gasteiger partial charge in [-0.1, -0.05) is 19.3 Å². The third-order valence-electron chi connectivity index (χ3n) is 5.68. The molecule has 1 aromatic carbocycles.